The molecule has 0 fully saturated rings. The second kappa shape index (κ2) is 9.40. The van der Waals surface area contributed by atoms with Crippen LogP contribution in [0.25, 0.3) is 17.1 Å². The van der Waals surface area contributed by atoms with Crippen LogP contribution in [0.3, 0.4) is 0 Å². The van der Waals surface area contributed by atoms with E-state index in [0.717, 1.165) is 28.4 Å². The fourth-order valence-corrected chi connectivity index (χ4v) is 4.25. The fourth-order valence-electron chi connectivity index (χ4n) is 3.45. The van der Waals surface area contributed by atoms with Crippen molar-refractivity contribution >= 4 is 34.8 Å². The summed E-state index contributed by atoms with van der Waals surface area (Å²) < 4.78 is 22.1. The van der Waals surface area contributed by atoms with Crippen molar-refractivity contribution in [2.75, 3.05) is 13.9 Å². The molecule has 0 amide bonds. The molecule has 0 atom stereocenters. The lowest BCUT2D eigenvalue weighted by atomic mass is 10.2. The molecule has 3 aromatic carbocycles. The summed E-state index contributed by atoms with van der Waals surface area (Å²) in [6, 6.07) is 18.4. The number of nitrogens with one attached hydrogen (secondary N) is 1. The van der Waals surface area contributed by atoms with Crippen molar-refractivity contribution in [2.24, 2.45) is 0 Å². The number of hydrogen-bond acceptors (Lipinski definition) is 7. The maximum Gasteiger partial charge on any atom is 0.342 e. The molecule has 0 spiro atoms. The van der Waals surface area contributed by atoms with E-state index in [1.54, 1.807) is 24.3 Å². The van der Waals surface area contributed by atoms with Crippen LogP contribution in [-0.4, -0.2) is 34.9 Å². The molecular formula is C25H20N2O6S. The monoisotopic (exact) mass is 476 g/mol. The number of hydrogen-bond donors (Lipinski definition) is 2. The molecule has 34 heavy (non-hydrogen) atoms. The minimum absolute atomic E-state index is 0.120. The average molecular weight is 477 g/mol. The molecule has 1 aliphatic heterocycles. The van der Waals surface area contributed by atoms with E-state index in [1.807, 2.05) is 42.5 Å². The topological polar surface area (TPSA) is 103 Å². The number of benzene rings is 3. The second-order valence-corrected chi connectivity index (χ2v) is 8.39. The number of carbonyl (C=O) groups is 1. The number of methoxy groups -OCH3 is 1. The number of aromatic nitrogens is 2. The lowest BCUT2D eigenvalue weighted by Gasteiger charge is -2.12. The first-order valence-electron chi connectivity index (χ1n) is 10.4. The van der Waals surface area contributed by atoms with Crippen LogP contribution in [0, 0.1) is 0 Å². The molecule has 9 heteroatoms. The highest BCUT2D eigenvalue weighted by atomic mass is 32.2. The van der Waals surface area contributed by atoms with Crippen LogP contribution < -0.4 is 18.9 Å². The summed E-state index contributed by atoms with van der Waals surface area (Å²) in [7, 11) is 1.54. The quantitative estimate of drug-likeness (QED) is 0.268. The van der Waals surface area contributed by atoms with Gasteiger partial charge in [-0.1, -0.05) is 24.3 Å². The van der Waals surface area contributed by atoms with Gasteiger partial charge in [0.05, 0.1) is 18.1 Å². The van der Waals surface area contributed by atoms with Crippen LogP contribution in [0.5, 0.6) is 23.0 Å². The van der Waals surface area contributed by atoms with E-state index < -0.39 is 5.97 Å². The number of imidazole rings is 1. The van der Waals surface area contributed by atoms with Crippen LogP contribution >= 0.6 is 11.8 Å². The molecule has 5 rings (SSSR count). The number of carboxylic acid groups (broad SMARTS) is 1. The highest BCUT2D eigenvalue weighted by Gasteiger charge is 2.16. The van der Waals surface area contributed by atoms with E-state index in [2.05, 4.69) is 9.97 Å². The number of aromatic amines is 1. The molecule has 0 saturated heterocycles. The van der Waals surface area contributed by atoms with Gasteiger partial charge in [0, 0.05) is 0 Å². The maximum atomic E-state index is 11.9. The van der Waals surface area contributed by atoms with Crippen molar-refractivity contribution in [3.8, 4) is 23.0 Å². The number of nitrogens with zero attached hydrogens (tertiary/aromatic N) is 1. The lowest BCUT2D eigenvalue weighted by molar-refractivity contribution is -0.131. The molecule has 2 N–H and O–H groups in total. The van der Waals surface area contributed by atoms with Crippen LogP contribution in [0.2, 0.25) is 0 Å². The number of para-hydroxylation sites is 2. The van der Waals surface area contributed by atoms with Gasteiger partial charge in [-0.05, 0) is 65.4 Å². The summed E-state index contributed by atoms with van der Waals surface area (Å²) in [5.41, 5.74) is 3.21. The minimum atomic E-state index is -1.05. The first-order valence-corrected chi connectivity index (χ1v) is 11.2. The highest BCUT2D eigenvalue weighted by molar-refractivity contribution is 8.04. The van der Waals surface area contributed by atoms with Gasteiger partial charge in [-0.25, -0.2) is 9.78 Å². The fraction of sp³-hybridized carbons (Fsp3) is 0.120. The molecule has 1 aromatic heterocycles. The van der Waals surface area contributed by atoms with Crippen LogP contribution in [0.1, 0.15) is 11.1 Å². The molecule has 172 valence electrons. The number of ether oxygens (including phenoxy) is 4. The summed E-state index contributed by atoms with van der Waals surface area (Å²) in [6.45, 7) is 0.528. The summed E-state index contributed by atoms with van der Waals surface area (Å²) in [5, 5.41) is 10.2. The second-order valence-electron chi connectivity index (χ2n) is 7.36. The van der Waals surface area contributed by atoms with Gasteiger partial charge in [0.25, 0.3) is 0 Å². The molecule has 0 radical (unpaired) electrons. The Balaban J connectivity index is 1.33. The third-order valence-electron chi connectivity index (χ3n) is 5.10. The van der Waals surface area contributed by atoms with E-state index in [9.17, 15) is 9.90 Å². The molecule has 4 aromatic rings. The van der Waals surface area contributed by atoms with Gasteiger partial charge in [-0.3, -0.25) is 0 Å². The number of aliphatic carboxylic acids is 1. The number of thioether (sulfide) groups is 1. The van der Waals surface area contributed by atoms with E-state index in [0.29, 0.717) is 40.3 Å². The zero-order chi connectivity index (χ0) is 23.5. The Bertz CT molecular complexity index is 1360. The molecular weight excluding hydrogens is 456 g/mol. The third kappa shape index (κ3) is 4.65. The van der Waals surface area contributed by atoms with Crippen molar-refractivity contribution in [1.82, 2.24) is 9.97 Å². The van der Waals surface area contributed by atoms with E-state index in [-0.39, 0.29) is 11.7 Å². The lowest BCUT2D eigenvalue weighted by Crippen LogP contribution is -1.99. The van der Waals surface area contributed by atoms with Crippen molar-refractivity contribution in [2.45, 2.75) is 11.8 Å². The molecule has 1 aliphatic rings. The number of H-pyrrole nitrogens is 1. The van der Waals surface area contributed by atoms with Crippen molar-refractivity contribution in [1.29, 1.82) is 0 Å². The molecule has 0 bridgehead atoms. The Morgan fingerprint density at radius 2 is 1.97 bits per heavy atom. The standard InChI is InChI=1S/C25H20N2O6S/c1-30-21-10-15(6-8-19(21)31-13-16-7-9-20-22(11-16)33-14-32-20)12-23(24(28)29)34-25-26-17-4-2-3-5-18(17)27-25/h2-12H,13-14H2,1H3,(H,26,27)(H,28,29)/b23-12-. The van der Waals surface area contributed by atoms with Crippen molar-refractivity contribution < 1.29 is 28.8 Å². The first-order chi connectivity index (χ1) is 16.6. The van der Waals surface area contributed by atoms with Gasteiger partial charge in [0.1, 0.15) is 11.5 Å². The maximum absolute atomic E-state index is 11.9. The molecule has 0 aliphatic carbocycles. The Hall–Kier alpha value is -4.11. The van der Waals surface area contributed by atoms with Crippen LogP contribution in [-0.2, 0) is 11.4 Å². The van der Waals surface area contributed by atoms with Crippen LogP contribution in [0.4, 0.5) is 0 Å². The number of fused-ring (bicyclic) bond motifs is 2. The Labute approximate surface area is 199 Å². The zero-order valence-electron chi connectivity index (χ0n) is 18.1. The molecule has 0 saturated carbocycles. The number of rotatable bonds is 8. The Morgan fingerprint density at radius 3 is 2.79 bits per heavy atom. The largest absolute Gasteiger partial charge is 0.493 e. The van der Waals surface area contributed by atoms with E-state index in [4.69, 9.17) is 18.9 Å². The Kier molecular flexibility index (Phi) is 6.01. The predicted octanol–water partition coefficient (Wildman–Crippen LogP) is 5.10. The smallest absolute Gasteiger partial charge is 0.342 e. The van der Waals surface area contributed by atoms with Crippen molar-refractivity contribution in [3.63, 3.8) is 0 Å². The molecule has 0 unspecified atom stereocenters. The SMILES string of the molecule is COc1cc(/C=C(\Sc2nc3ccccc3[nH]2)C(=O)O)ccc1OCc1ccc2c(c1)OCO2. The normalized spacial score (nSPS) is 12.7. The van der Waals surface area contributed by atoms with Gasteiger partial charge < -0.3 is 29.0 Å². The summed E-state index contributed by atoms with van der Waals surface area (Å²) in [4.78, 5) is 19.6. The first kappa shape index (κ1) is 21.7. The van der Waals surface area contributed by atoms with Gasteiger partial charge in [0.2, 0.25) is 6.79 Å². The predicted molar refractivity (Wildman–Crippen MR) is 127 cm³/mol. The minimum Gasteiger partial charge on any atom is -0.493 e. The van der Waals surface area contributed by atoms with E-state index in [1.165, 1.54) is 7.11 Å². The average Bonchev–Trinajstić information content (AvgIpc) is 3.48. The highest BCUT2D eigenvalue weighted by Crippen LogP contribution is 2.35. The zero-order valence-corrected chi connectivity index (χ0v) is 18.9. The van der Waals surface area contributed by atoms with Crippen molar-refractivity contribution in [3.05, 3.63) is 76.7 Å². The third-order valence-corrected chi connectivity index (χ3v) is 6.00. The summed E-state index contributed by atoms with van der Waals surface area (Å²) >= 11 is 1.05. The molecule has 2 heterocycles. The summed E-state index contributed by atoms with van der Waals surface area (Å²) in [6.07, 6.45) is 1.57. The van der Waals surface area contributed by atoms with Crippen LogP contribution in [0.15, 0.2) is 70.7 Å². The summed E-state index contributed by atoms with van der Waals surface area (Å²) in [5.74, 6) is 1.39. The van der Waals surface area contributed by atoms with Gasteiger partial charge >= 0.3 is 5.97 Å². The number of carboxylic acids is 1. The van der Waals surface area contributed by atoms with Gasteiger partial charge in [-0.2, -0.15) is 0 Å². The van der Waals surface area contributed by atoms with E-state index >= 15 is 0 Å². The van der Waals surface area contributed by atoms with Gasteiger partial charge in [0.15, 0.2) is 28.2 Å². The molecule has 8 nitrogen and oxygen atoms in total. The van der Waals surface area contributed by atoms with Gasteiger partial charge in [-0.15, -0.1) is 0 Å². The Morgan fingerprint density at radius 1 is 1.12 bits per heavy atom.